The maximum absolute atomic E-state index is 11.3. The molecule has 5 nitrogen and oxygen atoms in total. The van der Waals surface area contributed by atoms with Crippen molar-refractivity contribution < 1.29 is 9.53 Å². The van der Waals surface area contributed by atoms with Crippen molar-refractivity contribution in [2.45, 2.75) is 13.3 Å². The van der Waals surface area contributed by atoms with Crippen LogP contribution in [0.5, 0.6) is 5.75 Å². The van der Waals surface area contributed by atoms with Gasteiger partial charge in [0, 0.05) is 22.2 Å². The predicted octanol–water partition coefficient (Wildman–Crippen LogP) is 2.92. The highest BCUT2D eigenvalue weighted by atomic mass is 79.9. The summed E-state index contributed by atoms with van der Waals surface area (Å²) >= 11 is 3.42. The molecule has 0 spiro atoms. The number of fused-ring (bicyclic) bond motifs is 1. The lowest BCUT2D eigenvalue weighted by molar-refractivity contribution is 0.241. The molecule has 1 aliphatic heterocycles. The number of benzene rings is 1. The Kier molecular flexibility index (Phi) is 5.17. The molecule has 1 aromatic rings. The lowest BCUT2D eigenvalue weighted by Gasteiger charge is -2.15. The number of hydrazone groups is 1. The number of rotatable bonds is 4. The molecule has 0 unspecified atom stereocenters. The Bertz CT molecular complexity index is 555. The van der Waals surface area contributed by atoms with Crippen LogP contribution in [0.4, 0.5) is 4.79 Å². The van der Waals surface area contributed by atoms with Gasteiger partial charge in [-0.2, -0.15) is 5.10 Å². The van der Waals surface area contributed by atoms with E-state index in [4.69, 9.17) is 4.74 Å². The van der Waals surface area contributed by atoms with Gasteiger partial charge in [0.1, 0.15) is 12.4 Å². The van der Waals surface area contributed by atoms with Crippen LogP contribution in [-0.4, -0.2) is 25.4 Å². The standard InChI is InChI=1S/C14H16BrN3O2/c1-2-5-16-14(19)18-17-8-10-6-11-7-12(15)3-4-13(11)20-9-10/h3-4,6-8H,2,5,9H2,1H3,(H2,16,18,19). The molecule has 0 atom stereocenters. The zero-order valence-electron chi connectivity index (χ0n) is 11.1. The molecule has 2 rings (SSSR count). The van der Waals surface area contributed by atoms with Crippen molar-refractivity contribution in [3.63, 3.8) is 0 Å². The van der Waals surface area contributed by atoms with Crippen LogP contribution < -0.4 is 15.5 Å². The second kappa shape index (κ2) is 7.09. The van der Waals surface area contributed by atoms with Crippen molar-refractivity contribution in [3.05, 3.63) is 33.8 Å². The van der Waals surface area contributed by atoms with Crippen LogP contribution in [0.2, 0.25) is 0 Å². The number of nitrogens with zero attached hydrogens (tertiary/aromatic N) is 1. The molecule has 0 aromatic heterocycles. The van der Waals surface area contributed by atoms with Gasteiger partial charge in [-0.25, -0.2) is 10.2 Å². The first-order valence-corrected chi connectivity index (χ1v) is 7.18. The molecule has 1 aromatic carbocycles. The van der Waals surface area contributed by atoms with Gasteiger partial charge < -0.3 is 10.1 Å². The maximum Gasteiger partial charge on any atom is 0.335 e. The Labute approximate surface area is 126 Å². The van der Waals surface area contributed by atoms with Gasteiger partial charge in [-0.15, -0.1) is 0 Å². The maximum atomic E-state index is 11.3. The summed E-state index contributed by atoms with van der Waals surface area (Å²) in [6.45, 7) is 3.06. The number of hydrogen-bond donors (Lipinski definition) is 2. The predicted molar refractivity (Wildman–Crippen MR) is 82.9 cm³/mol. The van der Waals surface area contributed by atoms with Gasteiger partial charge in [-0.1, -0.05) is 22.9 Å². The molecule has 1 heterocycles. The third-order valence-electron chi connectivity index (χ3n) is 2.64. The molecule has 6 heteroatoms. The van der Waals surface area contributed by atoms with E-state index in [-0.39, 0.29) is 6.03 Å². The van der Waals surface area contributed by atoms with E-state index in [2.05, 4.69) is 31.8 Å². The normalized spacial score (nSPS) is 13.4. The average molecular weight is 338 g/mol. The van der Waals surface area contributed by atoms with Crippen LogP contribution >= 0.6 is 15.9 Å². The first-order chi connectivity index (χ1) is 9.69. The SMILES string of the molecule is CCCNC(=O)NN=CC1=Cc2cc(Br)ccc2OC1. The van der Waals surface area contributed by atoms with E-state index in [1.807, 2.05) is 31.2 Å². The number of amides is 2. The van der Waals surface area contributed by atoms with Crippen LogP contribution in [-0.2, 0) is 0 Å². The molecule has 106 valence electrons. The summed E-state index contributed by atoms with van der Waals surface area (Å²) in [5.74, 6) is 0.846. The summed E-state index contributed by atoms with van der Waals surface area (Å²) in [5.41, 5.74) is 4.30. The Morgan fingerprint density at radius 3 is 3.20 bits per heavy atom. The second-order valence-electron chi connectivity index (χ2n) is 4.32. The fraction of sp³-hybridized carbons (Fsp3) is 0.286. The van der Waals surface area contributed by atoms with Crippen molar-refractivity contribution in [2.24, 2.45) is 5.10 Å². The summed E-state index contributed by atoms with van der Waals surface area (Å²) in [7, 11) is 0. The van der Waals surface area contributed by atoms with E-state index in [9.17, 15) is 4.79 Å². The summed E-state index contributed by atoms with van der Waals surface area (Å²) in [6.07, 6.45) is 4.47. The minimum absolute atomic E-state index is 0.302. The molecule has 0 fully saturated rings. The highest BCUT2D eigenvalue weighted by molar-refractivity contribution is 9.10. The molecule has 0 bridgehead atoms. The monoisotopic (exact) mass is 337 g/mol. The Morgan fingerprint density at radius 2 is 2.40 bits per heavy atom. The van der Waals surface area contributed by atoms with Crippen LogP contribution in [0.25, 0.3) is 6.08 Å². The van der Waals surface area contributed by atoms with Gasteiger partial charge in [-0.3, -0.25) is 0 Å². The lowest BCUT2D eigenvalue weighted by Crippen LogP contribution is -2.32. The molecular formula is C14H16BrN3O2. The van der Waals surface area contributed by atoms with E-state index in [0.717, 1.165) is 27.8 Å². The van der Waals surface area contributed by atoms with Crippen LogP contribution in [0.15, 0.2) is 33.3 Å². The molecule has 0 radical (unpaired) electrons. The number of carbonyl (C=O) groups excluding carboxylic acids is 1. The van der Waals surface area contributed by atoms with Gasteiger partial charge in [-0.05, 0) is 30.7 Å². The average Bonchev–Trinajstić information content (AvgIpc) is 2.44. The number of carbonyl (C=O) groups is 1. The van der Waals surface area contributed by atoms with Crippen molar-refractivity contribution in [3.8, 4) is 5.75 Å². The van der Waals surface area contributed by atoms with Crippen molar-refractivity contribution in [1.82, 2.24) is 10.7 Å². The van der Waals surface area contributed by atoms with Gasteiger partial charge >= 0.3 is 6.03 Å². The fourth-order valence-electron chi connectivity index (χ4n) is 1.69. The molecule has 0 saturated carbocycles. The Hall–Kier alpha value is -1.82. The number of ether oxygens (including phenoxy) is 1. The zero-order valence-corrected chi connectivity index (χ0v) is 12.7. The van der Waals surface area contributed by atoms with E-state index >= 15 is 0 Å². The van der Waals surface area contributed by atoms with E-state index in [1.54, 1.807) is 6.21 Å². The molecule has 0 saturated heterocycles. The highest BCUT2D eigenvalue weighted by Gasteiger charge is 2.10. The van der Waals surface area contributed by atoms with E-state index in [0.29, 0.717) is 13.2 Å². The summed E-state index contributed by atoms with van der Waals surface area (Å²) < 4.78 is 6.60. The number of nitrogens with one attached hydrogen (secondary N) is 2. The third kappa shape index (κ3) is 4.09. The summed E-state index contributed by atoms with van der Waals surface area (Å²) in [5, 5.41) is 6.57. The third-order valence-corrected chi connectivity index (χ3v) is 3.13. The quantitative estimate of drug-likeness (QED) is 0.655. The topological polar surface area (TPSA) is 62.7 Å². The lowest BCUT2D eigenvalue weighted by atomic mass is 10.1. The molecule has 20 heavy (non-hydrogen) atoms. The van der Waals surface area contributed by atoms with Gasteiger partial charge in [0.2, 0.25) is 0 Å². The fourth-order valence-corrected chi connectivity index (χ4v) is 2.07. The zero-order chi connectivity index (χ0) is 14.4. The van der Waals surface area contributed by atoms with E-state index < -0.39 is 0 Å². The second-order valence-corrected chi connectivity index (χ2v) is 5.23. The number of urea groups is 1. The first kappa shape index (κ1) is 14.6. The Morgan fingerprint density at radius 1 is 1.55 bits per heavy atom. The summed E-state index contributed by atoms with van der Waals surface area (Å²) in [6, 6.07) is 5.53. The highest BCUT2D eigenvalue weighted by Crippen LogP contribution is 2.28. The van der Waals surface area contributed by atoms with Crippen molar-refractivity contribution in [2.75, 3.05) is 13.2 Å². The Balaban J connectivity index is 1.95. The van der Waals surface area contributed by atoms with Crippen molar-refractivity contribution in [1.29, 1.82) is 0 Å². The molecule has 2 N–H and O–H groups in total. The number of halogens is 1. The smallest absolute Gasteiger partial charge is 0.335 e. The minimum Gasteiger partial charge on any atom is -0.488 e. The van der Waals surface area contributed by atoms with Crippen molar-refractivity contribution >= 4 is 34.3 Å². The van der Waals surface area contributed by atoms with E-state index in [1.165, 1.54) is 0 Å². The molecule has 0 aliphatic carbocycles. The van der Waals surface area contributed by atoms with Gasteiger partial charge in [0.15, 0.2) is 0 Å². The molecule has 1 aliphatic rings. The van der Waals surface area contributed by atoms with Gasteiger partial charge in [0.05, 0.1) is 6.21 Å². The van der Waals surface area contributed by atoms with Crippen LogP contribution in [0, 0.1) is 0 Å². The number of hydrogen-bond acceptors (Lipinski definition) is 3. The summed E-state index contributed by atoms with van der Waals surface area (Å²) in [4.78, 5) is 11.3. The van der Waals surface area contributed by atoms with Gasteiger partial charge in [0.25, 0.3) is 0 Å². The molecule has 2 amide bonds. The van der Waals surface area contributed by atoms with Crippen LogP contribution in [0.3, 0.4) is 0 Å². The largest absolute Gasteiger partial charge is 0.488 e. The van der Waals surface area contributed by atoms with Crippen LogP contribution in [0.1, 0.15) is 18.9 Å². The molecular weight excluding hydrogens is 322 g/mol. The first-order valence-electron chi connectivity index (χ1n) is 6.39. The minimum atomic E-state index is -0.302.